The Morgan fingerprint density at radius 2 is 0.971 bits per heavy atom. The Morgan fingerprint density at radius 3 is 1.38 bits per heavy atom. The van der Waals surface area contributed by atoms with E-state index in [2.05, 4.69) is 0 Å². The first-order valence-corrected chi connectivity index (χ1v) is 11.5. The molecule has 3 nitrogen and oxygen atoms in total. The van der Waals surface area contributed by atoms with Crippen molar-refractivity contribution in [3.05, 3.63) is 131 Å². The topological polar surface area (TPSA) is 42.9 Å². The molecule has 0 radical (unpaired) electrons. The van der Waals surface area contributed by atoms with Gasteiger partial charge in [-0.05, 0) is 61.4 Å². The third-order valence-corrected chi connectivity index (χ3v) is 5.82. The normalized spacial score (nSPS) is 13.2. The average molecular weight is 445 g/mol. The molecule has 2 heterocycles. The van der Waals surface area contributed by atoms with Gasteiger partial charge in [0, 0.05) is 0 Å². The first kappa shape index (κ1) is 23.1. The van der Waals surface area contributed by atoms with Gasteiger partial charge >= 0.3 is 0 Å². The summed E-state index contributed by atoms with van der Waals surface area (Å²) in [5.74, 6) is -0.552. The Morgan fingerprint density at radius 1 is 0.559 bits per heavy atom. The maximum Gasteiger partial charge on any atom is 0.150 e. The molecule has 4 rings (SSSR count). The third-order valence-electron chi connectivity index (χ3n) is 5.82. The van der Waals surface area contributed by atoms with Crippen LogP contribution in [0.3, 0.4) is 0 Å². The van der Waals surface area contributed by atoms with Crippen molar-refractivity contribution in [2.75, 3.05) is 0 Å². The predicted octanol–water partition coefficient (Wildman–Crippen LogP) is 7.29. The highest BCUT2D eigenvalue weighted by Gasteiger charge is 2.24. The second kappa shape index (κ2) is 11.2. The van der Waals surface area contributed by atoms with E-state index in [9.17, 15) is 4.79 Å². The van der Waals surface area contributed by atoms with Crippen molar-refractivity contribution >= 4 is 30.1 Å². The van der Waals surface area contributed by atoms with Gasteiger partial charge in [-0.15, -0.1) is 0 Å². The fourth-order valence-corrected chi connectivity index (χ4v) is 3.76. The molecule has 0 bridgehead atoms. The van der Waals surface area contributed by atoms with Crippen molar-refractivity contribution < 1.29 is 4.79 Å². The summed E-state index contributed by atoms with van der Waals surface area (Å²) in [6.45, 7) is 3.84. The minimum Gasteiger partial charge on any atom is -0.298 e. The molecule has 0 saturated heterocycles. The number of rotatable bonds is 8. The van der Waals surface area contributed by atoms with Gasteiger partial charge in [-0.2, -0.15) is 0 Å². The number of Topliss-reactive ketones (excluding diaryl/α,β-unsaturated/α-hetero) is 1. The molecule has 2 atom stereocenters. The molecule has 2 unspecified atom stereocenters. The SMILES string of the molecule is CC(C(=O)C(C)c1cccc(C=Cc2ccccc2)n1)c1cccc(C=Cc2ccccc2)n1. The predicted molar refractivity (Wildman–Crippen MR) is 141 cm³/mol. The molecule has 0 N–H and O–H groups in total. The molecule has 0 fully saturated rings. The van der Waals surface area contributed by atoms with Crippen LogP contribution in [-0.4, -0.2) is 15.8 Å². The van der Waals surface area contributed by atoms with Crippen LogP contribution >= 0.6 is 0 Å². The molecule has 34 heavy (non-hydrogen) atoms. The van der Waals surface area contributed by atoms with Crippen molar-refractivity contribution in [1.82, 2.24) is 9.97 Å². The fraction of sp³-hybridized carbons (Fsp3) is 0.129. The smallest absolute Gasteiger partial charge is 0.150 e. The second-order valence-electron chi connectivity index (χ2n) is 8.31. The molecule has 0 spiro atoms. The zero-order chi connectivity index (χ0) is 23.8. The lowest BCUT2D eigenvalue weighted by Crippen LogP contribution is -2.18. The molecular weight excluding hydrogens is 416 g/mol. The lowest BCUT2D eigenvalue weighted by atomic mass is 9.90. The highest BCUT2D eigenvalue weighted by molar-refractivity contribution is 5.90. The van der Waals surface area contributed by atoms with E-state index in [1.165, 1.54) is 0 Å². The van der Waals surface area contributed by atoms with Gasteiger partial charge in [-0.3, -0.25) is 14.8 Å². The van der Waals surface area contributed by atoms with Crippen molar-refractivity contribution in [2.24, 2.45) is 0 Å². The first-order valence-electron chi connectivity index (χ1n) is 11.5. The molecular formula is C31H28N2O. The van der Waals surface area contributed by atoms with E-state index < -0.39 is 0 Å². The van der Waals surface area contributed by atoms with Crippen molar-refractivity contribution in [3.63, 3.8) is 0 Å². The summed E-state index contributed by atoms with van der Waals surface area (Å²) in [6, 6.07) is 31.8. The number of aromatic nitrogens is 2. The molecule has 3 heteroatoms. The van der Waals surface area contributed by atoms with Crippen molar-refractivity contribution in [2.45, 2.75) is 25.7 Å². The molecule has 2 aromatic heterocycles. The molecule has 4 aromatic rings. The van der Waals surface area contributed by atoms with E-state index in [1.807, 2.05) is 135 Å². The number of carbonyl (C=O) groups excluding carboxylic acids is 1. The van der Waals surface area contributed by atoms with Crippen LogP contribution in [0.2, 0.25) is 0 Å². The second-order valence-corrected chi connectivity index (χ2v) is 8.31. The zero-order valence-electron chi connectivity index (χ0n) is 19.5. The summed E-state index contributed by atoms with van der Waals surface area (Å²) >= 11 is 0. The molecule has 0 aliphatic carbocycles. The Hall–Kier alpha value is -4.11. The van der Waals surface area contributed by atoms with Crippen LogP contribution < -0.4 is 0 Å². The van der Waals surface area contributed by atoms with Crippen molar-refractivity contribution in [3.8, 4) is 0 Å². The molecule has 0 aliphatic heterocycles. The number of carbonyl (C=O) groups is 1. The summed E-state index contributed by atoms with van der Waals surface area (Å²) in [7, 11) is 0. The van der Waals surface area contributed by atoms with E-state index in [-0.39, 0.29) is 17.6 Å². The van der Waals surface area contributed by atoms with Crippen LogP contribution in [0.1, 0.15) is 59.6 Å². The van der Waals surface area contributed by atoms with E-state index in [1.54, 1.807) is 0 Å². The standard InChI is InChI=1S/C31H28N2O/c1-23(29-17-9-15-27(32-29)21-19-25-11-5-3-6-12-25)31(34)24(2)30-18-10-16-28(33-30)22-20-26-13-7-4-8-14-26/h3-24H,1-2H3. The van der Waals surface area contributed by atoms with Gasteiger partial charge in [0.1, 0.15) is 5.78 Å². The van der Waals surface area contributed by atoms with Crippen LogP contribution in [0.4, 0.5) is 0 Å². The van der Waals surface area contributed by atoms with Crippen LogP contribution in [0.15, 0.2) is 97.1 Å². The lowest BCUT2D eigenvalue weighted by molar-refractivity contribution is -0.121. The molecule has 2 aromatic carbocycles. The lowest BCUT2D eigenvalue weighted by Gasteiger charge is -2.16. The maximum atomic E-state index is 13.3. The summed E-state index contributed by atoms with van der Waals surface area (Å²) in [4.78, 5) is 22.8. The largest absolute Gasteiger partial charge is 0.298 e. The minimum absolute atomic E-state index is 0.105. The highest BCUT2D eigenvalue weighted by Crippen LogP contribution is 2.25. The number of nitrogens with zero attached hydrogens (tertiary/aromatic N) is 2. The molecule has 0 saturated carbocycles. The highest BCUT2D eigenvalue weighted by atomic mass is 16.1. The Labute approximate surface area is 201 Å². The first-order chi connectivity index (χ1) is 16.6. The van der Waals surface area contributed by atoms with E-state index in [4.69, 9.17) is 9.97 Å². The fourth-order valence-electron chi connectivity index (χ4n) is 3.76. The van der Waals surface area contributed by atoms with E-state index in [0.717, 1.165) is 33.9 Å². The van der Waals surface area contributed by atoms with E-state index in [0.29, 0.717) is 0 Å². The Balaban J connectivity index is 1.47. The number of pyridine rings is 2. The van der Waals surface area contributed by atoms with Crippen LogP contribution in [0.5, 0.6) is 0 Å². The quantitative estimate of drug-likeness (QED) is 0.286. The number of hydrogen-bond acceptors (Lipinski definition) is 3. The third kappa shape index (κ3) is 6.02. The average Bonchev–Trinajstić information content (AvgIpc) is 2.91. The minimum atomic E-state index is -0.328. The number of hydrogen-bond donors (Lipinski definition) is 0. The maximum absolute atomic E-state index is 13.3. The van der Waals surface area contributed by atoms with Crippen molar-refractivity contribution in [1.29, 1.82) is 0 Å². The molecule has 168 valence electrons. The van der Waals surface area contributed by atoms with Gasteiger partial charge in [-0.25, -0.2) is 0 Å². The Kier molecular flexibility index (Phi) is 7.56. The summed E-state index contributed by atoms with van der Waals surface area (Å²) in [6.07, 6.45) is 8.01. The van der Waals surface area contributed by atoms with Gasteiger partial charge < -0.3 is 0 Å². The van der Waals surface area contributed by atoms with Crippen LogP contribution in [0.25, 0.3) is 24.3 Å². The van der Waals surface area contributed by atoms with Gasteiger partial charge in [0.05, 0.1) is 34.6 Å². The summed E-state index contributed by atoms with van der Waals surface area (Å²) in [5, 5.41) is 0. The van der Waals surface area contributed by atoms with Crippen LogP contribution in [-0.2, 0) is 4.79 Å². The van der Waals surface area contributed by atoms with Gasteiger partial charge in [0.15, 0.2) is 0 Å². The monoisotopic (exact) mass is 444 g/mol. The zero-order valence-corrected chi connectivity index (χ0v) is 19.5. The molecule has 0 aliphatic rings. The van der Waals surface area contributed by atoms with E-state index >= 15 is 0 Å². The molecule has 0 amide bonds. The van der Waals surface area contributed by atoms with Gasteiger partial charge in [0.25, 0.3) is 0 Å². The summed E-state index contributed by atoms with van der Waals surface area (Å²) in [5.41, 5.74) is 5.43. The van der Waals surface area contributed by atoms with Gasteiger partial charge in [0.2, 0.25) is 0 Å². The number of ketones is 1. The Bertz CT molecular complexity index is 1190. The van der Waals surface area contributed by atoms with Crippen LogP contribution in [0, 0.1) is 0 Å². The summed E-state index contributed by atoms with van der Waals surface area (Å²) < 4.78 is 0. The number of benzene rings is 2. The van der Waals surface area contributed by atoms with Gasteiger partial charge in [-0.1, -0.05) is 84.9 Å².